The van der Waals surface area contributed by atoms with Crippen LogP contribution >= 0.6 is 0 Å². The van der Waals surface area contributed by atoms with E-state index >= 15 is 0 Å². The van der Waals surface area contributed by atoms with Crippen molar-refractivity contribution in [1.29, 1.82) is 0 Å². The SMILES string of the molecule is O=c1[nH]c2ccccc2cc1CNS(=O)(=O)N1CCC(F)(F)C1. The Hall–Kier alpha value is -1.84. The van der Waals surface area contributed by atoms with Crippen LogP contribution in [0.25, 0.3) is 10.9 Å². The summed E-state index contributed by atoms with van der Waals surface area (Å²) in [5.74, 6) is -3.00. The number of hydrogen-bond acceptors (Lipinski definition) is 3. The Morgan fingerprint density at radius 1 is 1.30 bits per heavy atom. The van der Waals surface area contributed by atoms with Gasteiger partial charge in [-0.05, 0) is 17.5 Å². The van der Waals surface area contributed by atoms with Crippen LogP contribution in [-0.2, 0) is 16.8 Å². The average molecular weight is 343 g/mol. The van der Waals surface area contributed by atoms with Gasteiger partial charge in [0.15, 0.2) is 0 Å². The van der Waals surface area contributed by atoms with Gasteiger partial charge in [-0.25, -0.2) is 8.78 Å². The summed E-state index contributed by atoms with van der Waals surface area (Å²) in [5.41, 5.74) is 0.444. The normalized spacial score (nSPS) is 18.5. The molecule has 0 amide bonds. The predicted octanol–water partition coefficient (Wildman–Crippen LogP) is 1.20. The number of nitrogens with zero attached hydrogens (tertiary/aromatic N) is 1. The first kappa shape index (κ1) is 16.0. The Morgan fingerprint density at radius 3 is 2.74 bits per heavy atom. The number of aromatic nitrogens is 1. The Kier molecular flexibility index (Phi) is 3.95. The topological polar surface area (TPSA) is 82.3 Å². The molecule has 2 aromatic rings. The minimum atomic E-state index is -4.05. The molecule has 0 aliphatic carbocycles. The fraction of sp³-hybridized carbons (Fsp3) is 0.357. The minimum Gasteiger partial charge on any atom is -0.322 e. The van der Waals surface area contributed by atoms with E-state index in [1.807, 2.05) is 0 Å². The second kappa shape index (κ2) is 5.66. The fourth-order valence-corrected chi connectivity index (χ4v) is 3.70. The van der Waals surface area contributed by atoms with Crippen molar-refractivity contribution in [2.75, 3.05) is 13.1 Å². The van der Waals surface area contributed by atoms with Gasteiger partial charge >= 0.3 is 0 Å². The van der Waals surface area contributed by atoms with E-state index in [-0.39, 0.29) is 18.7 Å². The summed E-state index contributed by atoms with van der Waals surface area (Å²) in [6.07, 6.45) is -0.496. The average Bonchev–Trinajstić information content (AvgIpc) is 2.86. The second-order valence-corrected chi connectivity index (χ2v) is 7.23. The molecule has 0 radical (unpaired) electrons. The molecule has 0 atom stereocenters. The van der Waals surface area contributed by atoms with Gasteiger partial charge in [0.1, 0.15) is 0 Å². The van der Waals surface area contributed by atoms with E-state index < -0.39 is 34.7 Å². The summed E-state index contributed by atoms with van der Waals surface area (Å²) in [6, 6.07) is 8.66. The van der Waals surface area contributed by atoms with E-state index in [4.69, 9.17) is 0 Å². The number of aromatic amines is 1. The van der Waals surface area contributed by atoms with Crippen LogP contribution in [0.2, 0.25) is 0 Å². The Morgan fingerprint density at radius 2 is 2.04 bits per heavy atom. The molecule has 0 spiro atoms. The smallest absolute Gasteiger partial charge is 0.279 e. The summed E-state index contributed by atoms with van der Waals surface area (Å²) >= 11 is 0. The lowest BCUT2D eigenvalue weighted by atomic mass is 10.1. The fourth-order valence-electron chi connectivity index (χ4n) is 2.49. The third-order valence-corrected chi connectivity index (χ3v) is 5.25. The number of H-pyrrole nitrogens is 1. The largest absolute Gasteiger partial charge is 0.322 e. The highest BCUT2D eigenvalue weighted by molar-refractivity contribution is 7.87. The molecule has 1 aliphatic heterocycles. The van der Waals surface area contributed by atoms with Crippen molar-refractivity contribution in [3.63, 3.8) is 0 Å². The summed E-state index contributed by atoms with van der Waals surface area (Å²) in [4.78, 5) is 14.6. The summed E-state index contributed by atoms with van der Waals surface area (Å²) < 4.78 is 53.3. The van der Waals surface area contributed by atoms with Crippen molar-refractivity contribution in [3.05, 3.63) is 46.2 Å². The van der Waals surface area contributed by atoms with Crippen molar-refractivity contribution in [2.45, 2.75) is 18.9 Å². The highest BCUT2D eigenvalue weighted by atomic mass is 32.2. The van der Waals surface area contributed by atoms with Crippen molar-refractivity contribution in [2.24, 2.45) is 0 Å². The molecule has 1 aromatic heterocycles. The molecule has 6 nitrogen and oxygen atoms in total. The molecule has 2 heterocycles. The number of rotatable bonds is 4. The molecule has 2 N–H and O–H groups in total. The zero-order valence-corrected chi connectivity index (χ0v) is 12.9. The van der Waals surface area contributed by atoms with E-state index in [1.165, 1.54) is 0 Å². The highest BCUT2D eigenvalue weighted by Gasteiger charge is 2.43. The number of hydrogen-bond donors (Lipinski definition) is 2. The van der Waals surface area contributed by atoms with Gasteiger partial charge in [0, 0.05) is 30.6 Å². The van der Waals surface area contributed by atoms with Crippen LogP contribution in [0.4, 0.5) is 8.78 Å². The van der Waals surface area contributed by atoms with Gasteiger partial charge in [0.25, 0.3) is 21.7 Å². The third kappa shape index (κ3) is 3.41. The molecule has 23 heavy (non-hydrogen) atoms. The molecular formula is C14H15F2N3O3S. The molecule has 1 aromatic carbocycles. The number of pyridine rings is 1. The lowest BCUT2D eigenvalue weighted by molar-refractivity contribution is 0.0183. The summed E-state index contributed by atoms with van der Waals surface area (Å²) in [6.45, 7) is -1.34. The number of fused-ring (bicyclic) bond motifs is 1. The Bertz CT molecular complexity index is 896. The van der Waals surface area contributed by atoms with Crippen LogP contribution in [-0.4, -0.2) is 36.7 Å². The van der Waals surface area contributed by atoms with Gasteiger partial charge < -0.3 is 4.98 Å². The van der Waals surface area contributed by atoms with Gasteiger partial charge in [-0.1, -0.05) is 18.2 Å². The summed E-state index contributed by atoms with van der Waals surface area (Å²) in [7, 11) is -4.05. The van der Waals surface area contributed by atoms with Crippen LogP contribution in [0.15, 0.2) is 35.1 Å². The van der Waals surface area contributed by atoms with E-state index in [9.17, 15) is 22.0 Å². The maximum absolute atomic E-state index is 13.1. The molecule has 0 saturated carbocycles. The van der Waals surface area contributed by atoms with Gasteiger partial charge in [0.05, 0.1) is 6.54 Å². The number of para-hydroxylation sites is 1. The lowest BCUT2D eigenvalue weighted by Gasteiger charge is -2.16. The summed E-state index contributed by atoms with van der Waals surface area (Å²) in [5, 5.41) is 0.758. The minimum absolute atomic E-state index is 0.221. The number of alkyl halides is 2. The lowest BCUT2D eigenvalue weighted by Crippen LogP contribution is -2.40. The molecule has 1 fully saturated rings. The highest BCUT2D eigenvalue weighted by Crippen LogP contribution is 2.28. The molecule has 1 aliphatic rings. The number of halogens is 2. The van der Waals surface area contributed by atoms with Crippen LogP contribution in [0, 0.1) is 0 Å². The standard InChI is InChI=1S/C14H15F2N3O3S/c15-14(16)5-6-19(9-14)23(21,22)17-8-11-7-10-3-1-2-4-12(10)18-13(11)20/h1-4,7,17H,5-6,8-9H2,(H,18,20). The van der Waals surface area contributed by atoms with Crippen LogP contribution in [0.5, 0.6) is 0 Å². The zero-order valence-electron chi connectivity index (χ0n) is 12.1. The quantitative estimate of drug-likeness (QED) is 0.875. The van der Waals surface area contributed by atoms with Gasteiger partial charge in [-0.2, -0.15) is 17.4 Å². The van der Waals surface area contributed by atoms with E-state index in [0.29, 0.717) is 9.82 Å². The van der Waals surface area contributed by atoms with Crippen LogP contribution < -0.4 is 10.3 Å². The maximum atomic E-state index is 13.1. The van der Waals surface area contributed by atoms with Gasteiger partial charge in [0.2, 0.25) is 0 Å². The molecule has 1 saturated heterocycles. The van der Waals surface area contributed by atoms with Crippen molar-refractivity contribution >= 4 is 21.1 Å². The molecule has 3 rings (SSSR count). The first-order chi connectivity index (χ1) is 10.8. The van der Waals surface area contributed by atoms with E-state index in [2.05, 4.69) is 9.71 Å². The van der Waals surface area contributed by atoms with Crippen molar-refractivity contribution < 1.29 is 17.2 Å². The molecule has 0 bridgehead atoms. The van der Waals surface area contributed by atoms with Gasteiger partial charge in [-0.3, -0.25) is 4.79 Å². The zero-order chi connectivity index (χ0) is 16.7. The van der Waals surface area contributed by atoms with Gasteiger partial charge in [-0.15, -0.1) is 0 Å². The van der Waals surface area contributed by atoms with Crippen molar-refractivity contribution in [1.82, 2.24) is 14.0 Å². The van der Waals surface area contributed by atoms with E-state index in [1.54, 1.807) is 30.3 Å². The molecule has 124 valence electrons. The Balaban J connectivity index is 1.78. The first-order valence-corrected chi connectivity index (χ1v) is 8.44. The third-order valence-electron chi connectivity index (χ3n) is 3.75. The molecule has 0 unspecified atom stereocenters. The predicted molar refractivity (Wildman–Crippen MR) is 81.5 cm³/mol. The van der Waals surface area contributed by atoms with E-state index in [0.717, 1.165) is 5.39 Å². The second-order valence-electron chi connectivity index (χ2n) is 5.48. The first-order valence-electron chi connectivity index (χ1n) is 7.00. The van der Waals surface area contributed by atoms with Crippen molar-refractivity contribution in [3.8, 4) is 0 Å². The molecular weight excluding hydrogens is 328 g/mol. The number of benzene rings is 1. The van der Waals surface area contributed by atoms with Crippen LogP contribution in [0.1, 0.15) is 12.0 Å². The van der Waals surface area contributed by atoms with Crippen LogP contribution in [0.3, 0.4) is 0 Å². The maximum Gasteiger partial charge on any atom is 0.279 e. The molecule has 9 heteroatoms. The number of nitrogens with one attached hydrogen (secondary N) is 2. The Labute approximate surface area is 131 Å². The monoisotopic (exact) mass is 343 g/mol.